The molecule has 3 nitrogen and oxygen atoms in total. The number of hydrogen-bond acceptors (Lipinski definition) is 3. The van der Waals surface area contributed by atoms with Gasteiger partial charge in [-0.1, -0.05) is 13.8 Å². The van der Waals surface area contributed by atoms with Crippen molar-refractivity contribution in [3.05, 3.63) is 22.8 Å². The van der Waals surface area contributed by atoms with E-state index in [0.29, 0.717) is 36.2 Å². The van der Waals surface area contributed by atoms with Crippen LogP contribution in [0.4, 0.5) is 0 Å². The molecule has 0 radical (unpaired) electrons. The molecule has 0 N–H and O–H groups in total. The number of carbonyl (C=O) groups is 1. The molecule has 0 aliphatic heterocycles. The fraction of sp³-hybridized carbons (Fsp3) is 0.562. The predicted molar refractivity (Wildman–Crippen MR) is 77.6 cm³/mol. The smallest absolute Gasteiger partial charge is 0.167 e. The molecule has 0 spiro atoms. The molecule has 0 amide bonds. The number of ketones is 1. The summed E-state index contributed by atoms with van der Waals surface area (Å²) in [6.07, 6.45) is 0. The van der Waals surface area contributed by atoms with Gasteiger partial charge in [0, 0.05) is 0 Å². The molecule has 1 rings (SSSR count). The molecule has 0 atom stereocenters. The first-order valence-electron chi connectivity index (χ1n) is 6.87. The van der Waals surface area contributed by atoms with E-state index in [1.165, 1.54) is 0 Å². The third-order valence-corrected chi connectivity index (χ3v) is 3.10. The maximum absolute atomic E-state index is 11.9. The molecule has 1 aromatic carbocycles. The van der Waals surface area contributed by atoms with Crippen molar-refractivity contribution in [3.8, 4) is 11.5 Å². The molecular weight excluding hydrogens is 240 g/mol. The minimum atomic E-state index is -0.0229. The van der Waals surface area contributed by atoms with Gasteiger partial charge < -0.3 is 9.47 Å². The van der Waals surface area contributed by atoms with Crippen molar-refractivity contribution in [3.63, 3.8) is 0 Å². The first-order valence-corrected chi connectivity index (χ1v) is 6.87. The van der Waals surface area contributed by atoms with E-state index in [2.05, 4.69) is 13.8 Å². The van der Waals surface area contributed by atoms with Crippen LogP contribution in [0.3, 0.4) is 0 Å². The Bertz CT molecular complexity index is 462. The molecule has 0 saturated heterocycles. The summed E-state index contributed by atoms with van der Waals surface area (Å²) >= 11 is 0. The number of carbonyl (C=O) groups excluding carboxylic acids is 1. The lowest BCUT2D eigenvalue weighted by molar-refractivity contribution is 0.101. The highest BCUT2D eigenvalue weighted by Gasteiger charge is 2.21. The molecule has 0 aliphatic carbocycles. The molecule has 0 aliphatic rings. The topological polar surface area (TPSA) is 35.5 Å². The average molecular weight is 264 g/mol. The number of Topliss-reactive ketones (excluding diaryl/α,β-unsaturated/α-hetero) is 1. The monoisotopic (exact) mass is 264 g/mol. The van der Waals surface area contributed by atoms with Gasteiger partial charge >= 0.3 is 0 Å². The Labute approximate surface area is 115 Å². The van der Waals surface area contributed by atoms with Crippen molar-refractivity contribution < 1.29 is 14.3 Å². The molecular formula is C16H24O3. The summed E-state index contributed by atoms with van der Waals surface area (Å²) in [7, 11) is 0. The molecule has 0 aromatic heterocycles. The van der Waals surface area contributed by atoms with E-state index in [4.69, 9.17) is 9.47 Å². The lowest BCUT2D eigenvalue weighted by Gasteiger charge is -2.20. The minimum Gasteiger partial charge on any atom is -0.493 e. The van der Waals surface area contributed by atoms with Gasteiger partial charge in [0.1, 0.15) is 17.1 Å². The highest BCUT2D eigenvalue weighted by Crippen LogP contribution is 2.38. The Kier molecular flexibility index (Phi) is 5.40. The van der Waals surface area contributed by atoms with Gasteiger partial charge in [0.05, 0.1) is 13.2 Å². The number of ether oxygens (including phenoxy) is 2. The molecule has 0 heterocycles. The summed E-state index contributed by atoms with van der Waals surface area (Å²) in [5.74, 6) is 1.64. The van der Waals surface area contributed by atoms with Crippen LogP contribution < -0.4 is 9.47 Å². The summed E-state index contributed by atoms with van der Waals surface area (Å²) in [6, 6.07) is 1.97. The van der Waals surface area contributed by atoms with Crippen LogP contribution in [0.5, 0.6) is 11.5 Å². The minimum absolute atomic E-state index is 0.0229. The van der Waals surface area contributed by atoms with Gasteiger partial charge in [-0.3, -0.25) is 4.79 Å². The molecule has 19 heavy (non-hydrogen) atoms. The van der Waals surface area contributed by atoms with E-state index < -0.39 is 0 Å². The Morgan fingerprint density at radius 1 is 1.21 bits per heavy atom. The standard InChI is InChI=1S/C16H24O3/c1-7-18-14-9-13(10(3)4)11(5)16(19-8-2)15(14)12(6)17/h9-10H,7-8H2,1-6H3. The van der Waals surface area contributed by atoms with Crippen molar-refractivity contribution >= 4 is 5.78 Å². The maximum atomic E-state index is 11.9. The third-order valence-electron chi connectivity index (χ3n) is 3.10. The molecule has 0 bridgehead atoms. The van der Waals surface area contributed by atoms with Crippen LogP contribution in [0, 0.1) is 6.92 Å². The van der Waals surface area contributed by atoms with Crippen LogP contribution in [-0.4, -0.2) is 19.0 Å². The second-order valence-electron chi connectivity index (χ2n) is 4.87. The normalized spacial score (nSPS) is 10.7. The summed E-state index contributed by atoms with van der Waals surface area (Å²) in [5, 5.41) is 0. The first kappa shape index (κ1) is 15.5. The van der Waals surface area contributed by atoms with E-state index in [1.807, 2.05) is 26.8 Å². The highest BCUT2D eigenvalue weighted by atomic mass is 16.5. The summed E-state index contributed by atoms with van der Waals surface area (Å²) in [6.45, 7) is 12.7. The molecule has 0 saturated carbocycles. The van der Waals surface area contributed by atoms with Gasteiger partial charge in [0.2, 0.25) is 0 Å². The van der Waals surface area contributed by atoms with Crippen LogP contribution in [0.15, 0.2) is 6.07 Å². The molecule has 1 aromatic rings. The van der Waals surface area contributed by atoms with E-state index in [1.54, 1.807) is 6.92 Å². The van der Waals surface area contributed by atoms with Crippen LogP contribution in [-0.2, 0) is 0 Å². The van der Waals surface area contributed by atoms with Crippen molar-refractivity contribution in [2.75, 3.05) is 13.2 Å². The highest BCUT2D eigenvalue weighted by molar-refractivity contribution is 6.00. The van der Waals surface area contributed by atoms with Gasteiger partial charge in [0.15, 0.2) is 5.78 Å². The maximum Gasteiger partial charge on any atom is 0.167 e. The van der Waals surface area contributed by atoms with E-state index in [-0.39, 0.29) is 5.78 Å². The van der Waals surface area contributed by atoms with Crippen LogP contribution in [0.25, 0.3) is 0 Å². The molecule has 0 unspecified atom stereocenters. The van der Waals surface area contributed by atoms with Crippen molar-refractivity contribution in [2.45, 2.75) is 47.5 Å². The number of benzene rings is 1. The van der Waals surface area contributed by atoms with Crippen molar-refractivity contribution in [2.24, 2.45) is 0 Å². The fourth-order valence-electron chi connectivity index (χ4n) is 2.28. The first-order chi connectivity index (χ1) is 8.93. The average Bonchev–Trinajstić information content (AvgIpc) is 2.32. The fourth-order valence-corrected chi connectivity index (χ4v) is 2.28. The van der Waals surface area contributed by atoms with Crippen molar-refractivity contribution in [1.82, 2.24) is 0 Å². The van der Waals surface area contributed by atoms with E-state index in [0.717, 1.165) is 11.1 Å². The predicted octanol–water partition coefficient (Wildman–Crippen LogP) is 4.12. The number of hydrogen-bond donors (Lipinski definition) is 0. The zero-order chi connectivity index (χ0) is 14.6. The lowest BCUT2D eigenvalue weighted by Crippen LogP contribution is -2.09. The van der Waals surface area contributed by atoms with Gasteiger partial charge in [-0.25, -0.2) is 0 Å². The van der Waals surface area contributed by atoms with Gasteiger partial charge in [-0.15, -0.1) is 0 Å². The van der Waals surface area contributed by atoms with E-state index >= 15 is 0 Å². The van der Waals surface area contributed by atoms with Crippen molar-refractivity contribution in [1.29, 1.82) is 0 Å². The Balaban J connectivity index is 3.57. The van der Waals surface area contributed by atoms with E-state index in [9.17, 15) is 4.79 Å². The quantitative estimate of drug-likeness (QED) is 0.725. The SMILES string of the molecule is CCOc1cc(C(C)C)c(C)c(OCC)c1C(C)=O. The molecule has 0 fully saturated rings. The molecule has 3 heteroatoms. The largest absolute Gasteiger partial charge is 0.493 e. The zero-order valence-electron chi connectivity index (χ0n) is 12.8. The van der Waals surface area contributed by atoms with Crippen LogP contribution in [0.2, 0.25) is 0 Å². The van der Waals surface area contributed by atoms with Gasteiger partial charge in [0.25, 0.3) is 0 Å². The van der Waals surface area contributed by atoms with Crippen LogP contribution >= 0.6 is 0 Å². The van der Waals surface area contributed by atoms with Gasteiger partial charge in [-0.2, -0.15) is 0 Å². The Hall–Kier alpha value is -1.51. The summed E-state index contributed by atoms with van der Waals surface area (Å²) < 4.78 is 11.3. The molecule has 106 valence electrons. The zero-order valence-corrected chi connectivity index (χ0v) is 12.8. The summed E-state index contributed by atoms with van der Waals surface area (Å²) in [5.41, 5.74) is 2.76. The summed E-state index contributed by atoms with van der Waals surface area (Å²) in [4.78, 5) is 11.9. The van der Waals surface area contributed by atoms with Crippen LogP contribution in [0.1, 0.15) is 62.0 Å². The lowest BCUT2D eigenvalue weighted by atomic mass is 9.93. The Morgan fingerprint density at radius 2 is 1.79 bits per heavy atom. The second kappa shape index (κ2) is 6.60. The Morgan fingerprint density at radius 3 is 2.21 bits per heavy atom. The van der Waals surface area contributed by atoms with Gasteiger partial charge in [-0.05, 0) is 50.8 Å². The number of rotatable bonds is 6. The second-order valence-corrected chi connectivity index (χ2v) is 4.87. The third kappa shape index (κ3) is 3.28.